The van der Waals surface area contributed by atoms with Crippen LogP contribution in [-0.2, 0) is 16.0 Å². The number of hydrogen-bond donors (Lipinski definition) is 3. The first kappa shape index (κ1) is 31.6. The van der Waals surface area contributed by atoms with Crippen molar-refractivity contribution in [2.24, 2.45) is 0 Å². The number of nitrogens with one attached hydrogen (secondary N) is 3. The van der Waals surface area contributed by atoms with Crippen LogP contribution in [0.2, 0.25) is 0 Å². The summed E-state index contributed by atoms with van der Waals surface area (Å²) in [6, 6.07) is 20.5. The second kappa shape index (κ2) is 15.2. The standard InChI is InChI=1S/C34H37N7O3/c1-40(2)18-6-9-32(42)38-28-8-5-7-24(19-28)10-17-33(43)39-30-20-29(22-35-23-30)37-31-16-15-27(21-36-31)25-11-13-26(14-12-25)34(44)41(3)4/h5-9,11-16,19-23H,10,17-18H2,1-4H3,(H,36,37)(H,38,42)(H,39,43)/b9-6+. The van der Waals surface area contributed by atoms with Crippen molar-refractivity contribution in [2.75, 3.05) is 50.7 Å². The zero-order chi connectivity index (χ0) is 31.5. The third-order valence-corrected chi connectivity index (χ3v) is 6.50. The van der Waals surface area contributed by atoms with E-state index < -0.39 is 0 Å². The zero-order valence-electron chi connectivity index (χ0n) is 25.4. The van der Waals surface area contributed by atoms with Crippen molar-refractivity contribution < 1.29 is 14.4 Å². The lowest BCUT2D eigenvalue weighted by molar-refractivity contribution is -0.116. The van der Waals surface area contributed by atoms with E-state index in [1.165, 1.54) is 6.08 Å². The maximum absolute atomic E-state index is 12.7. The first-order valence-electron chi connectivity index (χ1n) is 14.2. The molecule has 4 aromatic rings. The number of carbonyl (C=O) groups is 3. The van der Waals surface area contributed by atoms with Gasteiger partial charge in [0.25, 0.3) is 5.91 Å². The molecule has 0 aliphatic rings. The van der Waals surface area contributed by atoms with Gasteiger partial charge in [-0.3, -0.25) is 19.4 Å². The third kappa shape index (κ3) is 9.60. The fraction of sp³-hybridized carbons (Fsp3) is 0.206. The summed E-state index contributed by atoms with van der Waals surface area (Å²) in [6.07, 6.45) is 9.10. The molecule has 4 rings (SSSR count). The highest BCUT2D eigenvalue weighted by atomic mass is 16.2. The van der Waals surface area contributed by atoms with Crippen molar-refractivity contribution in [1.82, 2.24) is 19.8 Å². The van der Waals surface area contributed by atoms with Gasteiger partial charge in [-0.25, -0.2) is 4.98 Å². The molecule has 0 fully saturated rings. The Hall–Kier alpha value is -5.35. The Labute approximate surface area is 257 Å². The van der Waals surface area contributed by atoms with Gasteiger partial charge in [0.2, 0.25) is 11.8 Å². The number of nitrogens with zero attached hydrogens (tertiary/aromatic N) is 4. The molecule has 0 saturated carbocycles. The monoisotopic (exact) mass is 591 g/mol. The SMILES string of the molecule is CN(C)C/C=C/C(=O)Nc1cccc(CCC(=O)Nc2cncc(Nc3ccc(-c4ccc(C(=O)N(C)C)cc4)cn3)c2)c1. The van der Waals surface area contributed by atoms with Gasteiger partial charge in [-0.15, -0.1) is 0 Å². The molecule has 2 aromatic carbocycles. The van der Waals surface area contributed by atoms with Crippen LogP contribution in [0.1, 0.15) is 22.3 Å². The minimum absolute atomic E-state index is 0.0436. The summed E-state index contributed by atoms with van der Waals surface area (Å²) in [7, 11) is 7.32. The molecule has 226 valence electrons. The Morgan fingerprint density at radius 3 is 2.25 bits per heavy atom. The quantitative estimate of drug-likeness (QED) is 0.193. The summed E-state index contributed by atoms with van der Waals surface area (Å²) in [4.78, 5) is 49.2. The fourth-order valence-corrected chi connectivity index (χ4v) is 4.27. The number of amides is 3. The minimum atomic E-state index is -0.196. The van der Waals surface area contributed by atoms with Crippen molar-refractivity contribution in [3.8, 4) is 11.1 Å². The van der Waals surface area contributed by atoms with Gasteiger partial charge < -0.3 is 25.8 Å². The first-order valence-corrected chi connectivity index (χ1v) is 14.2. The van der Waals surface area contributed by atoms with Crippen molar-refractivity contribution in [3.63, 3.8) is 0 Å². The van der Waals surface area contributed by atoms with Gasteiger partial charge in [0.1, 0.15) is 5.82 Å². The van der Waals surface area contributed by atoms with Crippen LogP contribution >= 0.6 is 0 Å². The van der Waals surface area contributed by atoms with Crippen molar-refractivity contribution in [2.45, 2.75) is 12.8 Å². The Morgan fingerprint density at radius 1 is 0.795 bits per heavy atom. The van der Waals surface area contributed by atoms with E-state index in [0.29, 0.717) is 41.4 Å². The Balaban J connectivity index is 1.28. The predicted octanol–water partition coefficient (Wildman–Crippen LogP) is 5.22. The number of carbonyl (C=O) groups excluding carboxylic acids is 3. The van der Waals surface area contributed by atoms with Crippen LogP contribution in [0.3, 0.4) is 0 Å². The highest BCUT2D eigenvalue weighted by Crippen LogP contribution is 2.23. The largest absolute Gasteiger partial charge is 0.345 e. The maximum Gasteiger partial charge on any atom is 0.253 e. The predicted molar refractivity (Wildman–Crippen MR) is 175 cm³/mol. The molecule has 0 radical (unpaired) electrons. The van der Waals surface area contributed by atoms with E-state index in [-0.39, 0.29) is 24.1 Å². The average Bonchev–Trinajstić information content (AvgIpc) is 3.00. The molecule has 3 N–H and O–H groups in total. The number of aromatic nitrogens is 2. The van der Waals surface area contributed by atoms with Crippen molar-refractivity contribution in [3.05, 3.63) is 109 Å². The Kier molecular flexibility index (Phi) is 10.9. The highest BCUT2D eigenvalue weighted by Gasteiger charge is 2.09. The van der Waals surface area contributed by atoms with Gasteiger partial charge in [0, 0.05) is 56.1 Å². The van der Waals surface area contributed by atoms with Crippen molar-refractivity contribution in [1.29, 1.82) is 0 Å². The molecule has 2 aromatic heterocycles. The third-order valence-electron chi connectivity index (χ3n) is 6.50. The minimum Gasteiger partial charge on any atom is -0.345 e. The van der Waals surface area contributed by atoms with Crippen LogP contribution in [0.15, 0.2) is 97.5 Å². The van der Waals surface area contributed by atoms with Crippen LogP contribution < -0.4 is 16.0 Å². The summed E-state index contributed by atoms with van der Waals surface area (Å²) >= 11 is 0. The molecule has 44 heavy (non-hydrogen) atoms. The van der Waals surface area contributed by atoms with E-state index in [2.05, 4.69) is 25.9 Å². The number of hydrogen-bond acceptors (Lipinski definition) is 7. The van der Waals surface area contributed by atoms with Gasteiger partial charge in [-0.2, -0.15) is 0 Å². The molecular weight excluding hydrogens is 554 g/mol. The second-order valence-corrected chi connectivity index (χ2v) is 10.7. The fourth-order valence-electron chi connectivity index (χ4n) is 4.27. The summed E-state index contributed by atoms with van der Waals surface area (Å²) < 4.78 is 0. The van der Waals surface area contributed by atoms with Crippen LogP contribution in [0.5, 0.6) is 0 Å². The van der Waals surface area contributed by atoms with E-state index >= 15 is 0 Å². The van der Waals surface area contributed by atoms with Crippen LogP contribution in [0.4, 0.5) is 22.9 Å². The number of pyridine rings is 2. The Morgan fingerprint density at radius 2 is 1.55 bits per heavy atom. The summed E-state index contributed by atoms with van der Waals surface area (Å²) in [5, 5.41) is 8.96. The summed E-state index contributed by atoms with van der Waals surface area (Å²) in [6.45, 7) is 0.680. The van der Waals surface area contributed by atoms with Crippen LogP contribution in [-0.4, -0.2) is 72.2 Å². The summed E-state index contributed by atoms with van der Waals surface area (Å²) in [5.74, 6) is 0.236. The lowest BCUT2D eigenvalue weighted by Crippen LogP contribution is -2.21. The Bertz CT molecular complexity index is 1610. The number of aryl methyl sites for hydroxylation is 1. The van der Waals surface area contributed by atoms with Crippen LogP contribution in [0.25, 0.3) is 11.1 Å². The van der Waals surface area contributed by atoms with E-state index in [0.717, 1.165) is 16.7 Å². The molecule has 10 heteroatoms. The normalized spacial score (nSPS) is 10.9. The van der Waals surface area contributed by atoms with Gasteiger partial charge in [0.15, 0.2) is 0 Å². The molecule has 3 amide bonds. The first-order chi connectivity index (χ1) is 21.2. The highest BCUT2D eigenvalue weighted by molar-refractivity contribution is 5.99. The molecule has 0 atom stereocenters. The van der Waals surface area contributed by atoms with Crippen molar-refractivity contribution >= 4 is 40.6 Å². The molecule has 0 aliphatic heterocycles. The van der Waals surface area contributed by atoms with E-state index in [4.69, 9.17) is 0 Å². The number of anilines is 4. The summed E-state index contributed by atoms with van der Waals surface area (Å²) in [5.41, 5.74) is 5.37. The maximum atomic E-state index is 12.7. The smallest absolute Gasteiger partial charge is 0.253 e. The zero-order valence-corrected chi connectivity index (χ0v) is 25.4. The molecule has 0 unspecified atom stereocenters. The molecular formula is C34H37N7O3. The van der Waals surface area contributed by atoms with Gasteiger partial charge in [0.05, 0.1) is 23.8 Å². The molecule has 0 bridgehead atoms. The molecule has 2 heterocycles. The van der Waals surface area contributed by atoms with E-state index in [9.17, 15) is 14.4 Å². The molecule has 0 spiro atoms. The number of benzene rings is 2. The molecule has 10 nitrogen and oxygen atoms in total. The lowest BCUT2D eigenvalue weighted by Gasteiger charge is -2.11. The molecule has 0 aliphatic carbocycles. The average molecular weight is 592 g/mol. The lowest BCUT2D eigenvalue weighted by atomic mass is 10.1. The second-order valence-electron chi connectivity index (χ2n) is 10.7. The van der Waals surface area contributed by atoms with Gasteiger partial charge in [-0.1, -0.05) is 30.3 Å². The van der Waals surface area contributed by atoms with E-state index in [1.807, 2.05) is 67.5 Å². The van der Waals surface area contributed by atoms with Crippen LogP contribution in [0, 0.1) is 0 Å². The van der Waals surface area contributed by atoms with E-state index in [1.54, 1.807) is 61.9 Å². The van der Waals surface area contributed by atoms with Gasteiger partial charge >= 0.3 is 0 Å². The molecule has 0 saturated heterocycles. The number of rotatable bonds is 12. The topological polar surface area (TPSA) is 120 Å². The number of likely N-dealkylation sites (N-methyl/N-ethyl adjacent to an activating group) is 1. The van der Waals surface area contributed by atoms with Gasteiger partial charge in [-0.05, 0) is 74.1 Å².